The molecule has 0 radical (unpaired) electrons. The molecule has 4 atom stereocenters. The van der Waals surface area contributed by atoms with Crippen LogP contribution in [-0.4, -0.2) is 22.3 Å². The van der Waals surface area contributed by atoms with Gasteiger partial charge in [0.05, 0.1) is 28.9 Å². The van der Waals surface area contributed by atoms with Gasteiger partial charge in [-0.3, -0.25) is 0 Å². The van der Waals surface area contributed by atoms with Gasteiger partial charge in [-0.05, 0) is 44.9 Å². The van der Waals surface area contributed by atoms with Crippen molar-refractivity contribution in [2.45, 2.75) is 136 Å². The van der Waals surface area contributed by atoms with Crippen molar-refractivity contribution < 1.29 is 4.74 Å². The SMILES string of the molecule is C=CC[C@H](C)[C@H](OCc1ccccc1)[C@@H](C)[C@H](C(C)(C)C[Si](C)(C)C(C)(C)C)[Si](C)(C)C(C)(C)C. The van der Waals surface area contributed by atoms with Gasteiger partial charge < -0.3 is 4.74 Å². The van der Waals surface area contributed by atoms with Gasteiger partial charge in [0.2, 0.25) is 0 Å². The van der Waals surface area contributed by atoms with E-state index >= 15 is 0 Å². The van der Waals surface area contributed by atoms with Gasteiger partial charge in [0.15, 0.2) is 0 Å². The normalized spacial score (nSPS) is 17.5. The lowest BCUT2D eigenvalue weighted by atomic mass is 9.78. The molecule has 1 rings (SSSR count). The number of benzene rings is 1. The lowest BCUT2D eigenvalue weighted by Gasteiger charge is -2.56. The van der Waals surface area contributed by atoms with E-state index in [-0.39, 0.29) is 11.5 Å². The van der Waals surface area contributed by atoms with Gasteiger partial charge in [-0.25, -0.2) is 0 Å². The minimum absolute atomic E-state index is 0.214. The van der Waals surface area contributed by atoms with E-state index in [2.05, 4.69) is 138 Å². The van der Waals surface area contributed by atoms with E-state index in [1.165, 1.54) is 11.6 Å². The lowest BCUT2D eigenvalue weighted by Crippen LogP contribution is -2.55. The first-order valence-electron chi connectivity index (χ1n) is 14.0. The van der Waals surface area contributed by atoms with Gasteiger partial charge >= 0.3 is 0 Å². The molecular weight excluding hydrogens is 457 g/mol. The second kappa shape index (κ2) is 11.8. The molecule has 0 aliphatic heterocycles. The number of hydrogen-bond donors (Lipinski definition) is 0. The second-order valence-corrected chi connectivity index (χ2v) is 26.6. The lowest BCUT2D eigenvalue weighted by molar-refractivity contribution is -0.0379. The minimum atomic E-state index is -1.72. The van der Waals surface area contributed by atoms with Crippen LogP contribution in [-0.2, 0) is 11.3 Å². The smallest absolute Gasteiger partial charge is 0.0720 e. The number of rotatable bonds is 12. The molecular formula is C32H60OSi2. The zero-order chi connectivity index (χ0) is 27.5. The van der Waals surface area contributed by atoms with Crippen LogP contribution in [0, 0.1) is 17.3 Å². The van der Waals surface area contributed by atoms with Crippen LogP contribution in [0.25, 0.3) is 0 Å². The Balaban J connectivity index is 3.54. The first-order chi connectivity index (χ1) is 15.7. The van der Waals surface area contributed by atoms with Crippen molar-refractivity contribution in [1.82, 2.24) is 0 Å². The summed E-state index contributed by atoms with van der Waals surface area (Å²) in [7, 11) is -3.19. The molecule has 35 heavy (non-hydrogen) atoms. The van der Waals surface area contributed by atoms with E-state index in [1.54, 1.807) is 0 Å². The van der Waals surface area contributed by atoms with Crippen molar-refractivity contribution in [3.05, 3.63) is 48.6 Å². The zero-order valence-electron chi connectivity index (χ0n) is 26.0. The third-order valence-electron chi connectivity index (χ3n) is 9.91. The van der Waals surface area contributed by atoms with E-state index in [0.717, 1.165) is 6.42 Å². The van der Waals surface area contributed by atoms with E-state index in [0.29, 0.717) is 34.1 Å². The van der Waals surface area contributed by atoms with Crippen LogP contribution in [0.5, 0.6) is 0 Å². The molecule has 1 nitrogen and oxygen atoms in total. The highest BCUT2D eigenvalue weighted by Gasteiger charge is 2.54. The summed E-state index contributed by atoms with van der Waals surface area (Å²) < 4.78 is 6.87. The molecule has 3 heteroatoms. The topological polar surface area (TPSA) is 9.23 Å². The van der Waals surface area contributed by atoms with E-state index < -0.39 is 16.1 Å². The Bertz CT molecular complexity index is 780. The molecule has 0 fully saturated rings. The molecule has 0 saturated carbocycles. The average Bonchev–Trinajstić information content (AvgIpc) is 2.66. The van der Waals surface area contributed by atoms with Gasteiger partial charge in [0.25, 0.3) is 0 Å². The highest BCUT2D eigenvalue weighted by atomic mass is 28.3. The van der Waals surface area contributed by atoms with Crippen molar-refractivity contribution in [1.29, 1.82) is 0 Å². The van der Waals surface area contributed by atoms with Gasteiger partial charge in [-0.1, -0.05) is 138 Å². The fourth-order valence-corrected chi connectivity index (χ4v) is 14.2. The van der Waals surface area contributed by atoms with Gasteiger partial charge in [-0.15, -0.1) is 6.58 Å². The molecule has 0 N–H and O–H groups in total. The third kappa shape index (κ3) is 8.17. The number of allylic oxidation sites excluding steroid dienone is 1. The van der Waals surface area contributed by atoms with Gasteiger partial charge in [0.1, 0.15) is 0 Å². The number of ether oxygens (including phenoxy) is 1. The molecule has 0 amide bonds. The van der Waals surface area contributed by atoms with E-state index in [4.69, 9.17) is 4.74 Å². The summed E-state index contributed by atoms with van der Waals surface area (Å²) in [5.41, 5.74) is 2.17. The predicted molar refractivity (Wildman–Crippen MR) is 165 cm³/mol. The first kappa shape index (κ1) is 32.4. The van der Waals surface area contributed by atoms with Gasteiger partial charge in [-0.2, -0.15) is 0 Å². The van der Waals surface area contributed by atoms with E-state index in [9.17, 15) is 0 Å². The Morgan fingerprint density at radius 2 is 1.37 bits per heavy atom. The summed E-state index contributed by atoms with van der Waals surface area (Å²) in [5, 5.41) is 0.715. The largest absolute Gasteiger partial charge is 0.373 e. The Labute approximate surface area is 222 Å². The van der Waals surface area contributed by atoms with Crippen LogP contribution in [0.2, 0.25) is 47.8 Å². The second-order valence-electron chi connectivity index (χ2n) is 15.4. The molecule has 0 bridgehead atoms. The summed E-state index contributed by atoms with van der Waals surface area (Å²) >= 11 is 0. The third-order valence-corrected chi connectivity index (χ3v) is 22.5. The van der Waals surface area contributed by atoms with Crippen LogP contribution in [0.3, 0.4) is 0 Å². The Morgan fingerprint density at radius 1 is 0.857 bits per heavy atom. The maximum atomic E-state index is 6.87. The monoisotopic (exact) mass is 516 g/mol. The molecule has 0 heterocycles. The molecule has 1 aromatic rings. The van der Waals surface area contributed by atoms with Crippen LogP contribution < -0.4 is 0 Å². The summed E-state index contributed by atoms with van der Waals surface area (Å²) in [6, 6.07) is 12.0. The Hall–Kier alpha value is -0.646. The highest BCUT2D eigenvalue weighted by Crippen LogP contribution is 2.59. The minimum Gasteiger partial charge on any atom is -0.373 e. The fourth-order valence-electron chi connectivity index (χ4n) is 6.51. The van der Waals surface area contributed by atoms with Crippen molar-refractivity contribution >= 4 is 16.1 Å². The maximum Gasteiger partial charge on any atom is 0.0720 e. The van der Waals surface area contributed by atoms with Crippen molar-refractivity contribution in [2.75, 3.05) is 0 Å². The Morgan fingerprint density at radius 3 is 1.80 bits per heavy atom. The van der Waals surface area contributed by atoms with Crippen LogP contribution in [0.4, 0.5) is 0 Å². The number of hydrogen-bond acceptors (Lipinski definition) is 1. The van der Waals surface area contributed by atoms with Crippen LogP contribution in [0.15, 0.2) is 43.0 Å². The average molecular weight is 517 g/mol. The molecule has 202 valence electrons. The van der Waals surface area contributed by atoms with E-state index in [1.807, 2.05) is 0 Å². The molecule has 0 unspecified atom stereocenters. The summed E-state index contributed by atoms with van der Waals surface area (Å²) in [4.78, 5) is 0. The van der Waals surface area contributed by atoms with Crippen molar-refractivity contribution in [3.8, 4) is 0 Å². The highest BCUT2D eigenvalue weighted by molar-refractivity contribution is 6.83. The van der Waals surface area contributed by atoms with Crippen LogP contribution >= 0.6 is 0 Å². The van der Waals surface area contributed by atoms with Crippen molar-refractivity contribution in [2.24, 2.45) is 17.3 Å². The molecule has 0 aromatic heterocycles. The molecule has 0 aliphatic rings. The summed E-state index contributed by atoms with van der Waals surface area (Å²) in [6.45, 7) is 40.3. The zero-order valence-corrected chi connectivity index (χ0v) is 28.0. The molecule has 0 aliphatic carbocycles. The molecule has 0 spiro atoms. The standard InChI is InChI=1S/C32H60OSi2/c1-16-20-25(2)28(33-23-27-21-18-17-19-22-27)26(3)29(35(14,15)31(7,8)9)32(10,11)24-34(12,13)30(4,5)6/h16-19,21-22,25-26,28-29H,1,20,23-24H2,2-15H3/t25-,26+,28-,29+/m0/s1. The van der Waals surface area contributed by atoms with Crippen LogP contribution in [0.1, 0.15) is 81.2 Å². The summed E-state index contributed by atoms with van der Waals surface area (Å²) in [6.07, 6.45) is 3.29. The fraction of sp³-hybridized carbons (Fsp3) is 0.750. The molecule has 0 saturated heterocycles. The Kier molecular flexibility index (Phi) is 10.9. The molecule has 1 aromatic carbocycles. The summed E-state index contributed by atoms with van der Waals surface area (Å²) in [5.74, 6) is 0.927. The first-order valence-corrected chi connectivity index (χ1v) is 20.2. The van der Waals surface area contributed by atoms with Crippen molar-refractivity contribution in [3.63, 3.8) is 0 Å². The van der Waals surface area contributed by atoms with Gasteiger partial charge in [0, 0.05) is 0 Å². The maximum absolute atomic E-state index is 6.87. The predicted octanol–water partition coefficient (Wildman–Crippen LogP) is 10.8. The quantitative estimate of drug-likeness (QED) is 0.198.